The molecular formula is C18H22N2O5. The molecule has 4 atom stereocenters. The van der Waals surface area contributed by atoms with Crippen molar-refractivity contribution >= 4 is 11.8 Å². The first-order chi connectivity index (χ1) is 12.1. The fraction of sp³-hybridized carbons (Fsp3) is 0.556. The van der Waals surface area contributed by atoms with Gasteiger partial charge in [0, 0.05) is 19.8 Å². The number of imide groups is 1. The van der Waals surface area contributed by atoms with E-state index in [1.165, 1.54) is 11.0 Å². The van der Waals surface area contributed by atoms with Gasteiger partial charge in [0.2, 0.25) is 11.8 Å². The van der Waals surface area contributed by atoms with Gasteiger partial charge in [-0.2, -0.15) is 0 Å². The first-order valence-electron chi connectivity index (χ1n) is 8.72. The van der Waals surface area contributed by atoms with E-state index in [4.69, 9.17) is 4.74 Å². The van der Waals surface area contributed by atoms with Crippen molar-refractivity contribution in [2.75, 3.05) is 19.8 Å². The molecule has 0 bridgehead atoms. The molecule has 2 N–H and O–H groups in total. The molecule has 0 spiro atoms. The first kappa shape index (κ1) is 16.7. The van der Waals surface area contributed by atoms with Gasteiger partial charge in [-0.1, -0.05) is 24.3 Å². The molecule has 25 heavy (non-hydrogen) atoms. The van der Waals surface area contributed by atoms with Crippen molar-refractivity contribution in [3.63, 3.8) is 0 Å². The van der Waals surface area contributed by atoms with Crippen molar-refractivity contribution in [1.29, 1.82) is 0 Å². The molecule has 7 heteroatoms. The van der Waals surface area contributed by atoms with Crippen LogP contribution in [0.1, 0.15) is 12.8 Å². The molecule has 4 rings (SSSR count). The number of carbonyl (C=O) groups excluding carboxylic acids is 2. The number of carbonyl (C=O) groups is 2. The van der Waals surface area contributed by atoms with Crippen LogP contribution in [0, 0.1) is 17.8 Å². The summed E-state index contributed by atoms with van der Waals surface area (Å²) in [6.07, 6.45) is 7.89. The Balaban J connectivity index is 1.52. The van der Waals surface area contributed by atoms with Crippen molar-refractivity contribution in [1.82, 2.24) is 9.80 Å². The Kier molecular flexibility index (Phi) is 4.33. The summed E-state index contributed by atoms with van der Waals surface area (Å²) in [7, 11) is 0. The molecule has 134 valence electrons. The summed E-state index contributed by atoms with van der Waals surface area (Å²) < 4.78 is 5.34. The quantitative estimate of drug-likeness (QED) is 0.698. The highest BCUT2D eigenvalue weighted by molar-refractivity contribution is 6.08. The number of aliphatic hydroxyl groups excluding tert-OH is 2. The molecule has 2 amide bonds. The maximum atomic E-state index is 12.6. The molecule has 0 aromatic carbocycles. The minimum atomic E-state index is -1.17. The molecule has 0 saturated carbocycles. The molecule has 1 aliphatic carbocycles. The van der Waals surface area contributed by atoms with Gasteiger partial charge in [-0.15, -0.1) is 0 Å². The monoisotopic (exact) mass is 346 g/mol. The van der Waals surface area contributed by atoms with Crippen LogP contribution >= 0.6 is 0 Å². The lowest BCUT2D eigenvalue weighted by Crippen LogP contribution is -2.45. The zero-order chi connectivity index (χ0) is 17.6. The number of allylic oxidation sites excluding steroid dienone is 2. The molecule has 0 radical (unpaired) electrons. The molecule has 0 aromatic heterocycles. The van der Waals surface area contributed by atoms with Crippen molar-refractivity contribution in [2.24, 2.45) is 17.8 Å². The SMILES string of the molecule is O=C1C2C=CC=CC2C(=O)N1C1=CC(O)N(CC2CCOCC2)C1O. The third kappa shape index (κ3) is 2.77. The molecule has 4 unspecified atom stereocenters. The lowest BCUT2D eigenvalue weighted by Gasteiger charge is -2.32. The largest absolute Gasteiger partial charge is 0.381 e. The number of amides is 2. The van der Waals surface area contributed by atoms with Gasteiger partial charge in [0.15, 0.2) is 6.23 Å². The van der Waals surface area contributed by atoms with Crippen LogP contribution in [-0.2, 0) is 14.3 Å². The lowest BCUT2D eigenvalue weighted by molar-refractivity contribution is -0.139. The Bertz CT molecular complexity index is 634. The van der Waals surface area contributed by atoms with Crippen LogP contribution in [0.5, 0.6) is 0 Å². The van der Waals surface area contributed by atoms with Crippen LogP contribution in [0.2, 0.25) is 0 Å². The highest BCUT2D eigenvalue weighted by Crippen LogP contribution is 2.37. The molecule has 3 aliphatic heterocycles. The number of likely N-dealkylation sites (tertiary alicyclic amines) is 1. The predicted molar refractivity (Wildman–Crippen MR) is 87.5 cm³/mol. The van der Waals surface area contributed by atoms with E-state index < -0.39 is 24.3 Å². The Hall–Kier alpha value is -1.80. The molecule has 2 fully saturated rings. The summed E-state index contributed by atoms with van der Waals surface area (Å²) in [5.74, 6) is -1.43. The number of hydrogen-bond acceptors (Lipinski definition) is 6. The normalized spacial score (nSPS) is 36.2. The summed E-state index contributed by atoms with van der Waals surface area (Å²) in [5, 5.41) is 21.0. The zero-order valence-electron chi connectivity index (χ0n) is 13.8. The van der Waals surface area contributed by atoms with Gasteiger partial charge in [-0.25, -0.2) is 9.80 Å². The van der Waals surface area contributed by atoms with Crippen LogP contribution in [0.15, 0.2) is 36.1 Å². The minimum Gasteiger partial charge on any atom is -0.381 e. The standard InChI is InChI=1S/C18H22N2O5/c21-15-9-14(18(24)19(15)10-11-5-7-25-8-6-11)20-16(22)12-3-1-2-4-13(12)17(20)23/h1-4,9,11-13,15,18,21,24H,5-8,10H2. The Morgan fingerprint density at radius 1 is 1.04 bits per heavy atom. The number of nitrogens with zero attached hydrogens (tertiary/aromatic N) is 2. The van der Waals surface area contributed by atoms with Crippen LogP contribution in [-0.4, -0.2) is 64.0 Å². The number of hydrogen-bond donors (Lipinski definition) is 2. The average Bonchev–Trinajstić information content (AvgIpc) is 3.04. The maximum Gasteiger partial charge on any atom is 0.241 e. The van der Waals surface area contributed by atoms with Crippen LogP contribution in [0.25, 0.3) is 0 Å². The second-order valence-electron chi connectivity index (χ2n) is 6.96. The molecule has 2 saturated heterocycles. The summed E-state index contributed by atoms with van der Waals surface area (Å²) in [6, 6.07) is 0. The Labute approximate surface area is 145 Å². The molecule has 7 nitrogen and oxygen atoms in total. The highest BCUT2D eigenvalue weighted by Gasteiger charge is 2.50. The summed E-state index contributed by atoms with van der Waals surface area (Å²) in [4.78, 5) is 27.9. The van der Waals surface area contributed by atoms with E-state index in [-0.39, 0.29) is 17.5 Å². The van der Waals surface area contributed by atoms with E-state index in [9.17, 15) is 19.8 Å². The van der Waals surface area contributed by atoms with Crippen molar-refractivity contribution in [3.05, 3.63) is 36.1 Å². The second kappa shape index (κ2) is 6.49. The third-order valence-electron chi connectivity index (χ3n) is 5.45. The summed E-state index contributed by atoms with van der Waals surface area (Å²) in [5.41, 5.74) is 0.172. The zero-order valence-corrected chi connectivity index (χ0v) is 13.8. The summed E-state index contributed by atoms with van der Waals surface area (Å²) in [6.45, 7) is 1.85. The molecule has 4 aliphatic rings. The number of aliphatic hydroxyl groups is 2. The number of fused-ring (bicyclic) bond motifs is 1. The van der Waals surface area contributed by atoms with E-state index in [2.05, 4.69) is 0 Å². The minimum absolute atomic E-state index is 0.172. The van der Waals surface area contributed by atoms with E-state index in [0.717, 1.165) is 17.7 Å². The Morgan fingerprint density at radius 2 is 1.64 bits per heavy atom. The van der Waals surface area contributed by atoms with Gasteiger partial charge in [0.25, 0.3) is 0 Å². The van der Waals surface area contributed by atoms with Crippen LogP contribution < -0.4 is 0 Å². The van der Waals surface area contributed by atoms with Gasteiger partial charge in [-0.3, -0.25) is 9.59 Å². The average molecular weight is 346 g/mol. The molecular weight excluding hydrogens is 324 g/mol. The smallest absolute Gasteiger partial charge is 0.241 e. The molecule has 3 heterocycles. The topological polar surface area (TPSA) is 90.3 Å². The maximum absolute atomic E-state index is 12.6. The lowest BCUT2D eigenvalue weighted by atomic mass is 9.91. The van der Waals surface area contributed by atoms with Crippen LogP contribution in [0.3, 0.4) is 0 Å². The fourth-order valence-electron chi connectivity index (χ4n) is 4.01. The number of ether oxygens (including phenoxy) is 1. The van der Waals surface area contributed by atoms with Gasteiger partial charge in [0.1, 0.15) is 6.23 Å². The van der Waals surface area contributed by atoms with Crippen molar-refractivity contribution < 1.29 is 24.5 Å². The van der Waals surface area contributed by atoms with Crippen molar-refractivity contribution in [2.45, 2.75) is 25.3 Å². The van der Waals surface area contributed by atoms with E-state index in [0.29, 0.717) is 25.7 Å². The summed E-state index contributed by atoms with van der Waals surface area (Å²) >= 11 is 0. The number of rotatable bonds is 3. The predicted octanol–water partition coefficient (Wildman–Crippen LogP) is -0.0235. The van der Waals surface area contributed by atoms with E-state index in [1.54, 1.807) is 24.3 Å². The molecule has 0 aromatic rings. The van der Waals surface area contributed by atoms with Crippen molar-refractivity contribution in [3.8, 4) is 0 Å². The Morgan fingerprint density at radius 3 is 2.24 bits per heavy atom. The van der Waals surface area contributed by atoms with E-state index in [1.807, 2.05) is 0 Å². The fourth-order valence-corrected chi connectivity index (χ4v) is 4.01. The highest BCUT2D eigenvalue weighted by atomic mass is 16.5. The second-order valence-corrected chi connectivity index (χ2v) is 6.96. The van der Waals surface area contributed by atoms with Gasteiger partial charge in [-0.05, 0) is 24.8 Å². The van der Waals surface area contributed by atoms with Gasteiger partial charge >= 0.3 is 0 Å². The first-order valence-corrected chi connectivity index (χ1v) is 8.72. The van der Waals surface area contributed by atoms with Crippen LogP contribution in [0.4, 0.5) is 0 Å². The third-order valence-corrected chi connectivity index (χ3v) is 5.45. The van der Waals surface area contributed by atoms with E-state index >= 15 is 0 Å². The van der Waals surface area contributed by atoms with Gasteiger partial charge in [0.05, 0.1) is 17.5 Å². The van der Waals surface area contributed by atoms with Gasteiger partial charge < -0.3 is 14.9 Å².